The van der Waals surface area contributed by atoms with E-state index in [1.807, 2.05) is 0 Å². The molecular weight excluding hydrogens is 375 g/mol. The van der Waals surface area contributed by atoms with Crippen molar-refractivity contribution >= 4 is 28.0 Å². The fraction of sp³-hybridized carbons (Fsp3) is 0.300. The van der Waals surface area contributed by atoms with Crippen LogP contribution < -0.4 is 0 Å². The molecule has 8 nitrogen and oxygen atoms in total. The number of hydrogen-bond donors (Lipinski definition) is 2. The maximum absolute atomic E-state index is 13.9. The van der Waals surface area contributed by atoms with Crippen molar-refractivity contribution < 1.29 is 14.3 Å². The standard InChI is InChI=1S/C20H19FN6O2/c21-12-3-4-13-16(9-12)27(8-7-26-5-1-2-6-26)25-17(13)15-11-23-19-18(24-15)14(10-22-19)20(28)29/h3-4,9-11H,1-2,5-8H2,(H,22,23)(H,28,29). The second-order valence-electron chi connectivity index (χ2n) is 7.24. The number of fused-ring (bicyclic) bond motifs is 2. The summed E-state index contributed by atoms with van der Waals surface area (Å²) < 4.78 is 15.7. The third kappa shape index (κ3) is 3.13. The zero-order valence-electron chi connectivity index (χ0n) is 15.6. The van der Waals surface area contributed by atoms with E-state index in [-0.39, 0.29) is 16.9 Å². The molecule has 0 bridgehead atoms. The molecule has 0 aliphatic carbocycles. The van der Waals surface area contributed by atoms with Crippen molar-refractivity contribution in [3.05, 3.63) is 42.0 Å². The molecule has 0 radical (unpaired) electrons. The number of carboxylic acid groups (broad SMARTS) is 1. The molecule has 0 unspecified atom stereocenters. The number of aromatic amines is 1. The zero-order chi connectivity index (χ0) is 20.0. The average Bonchev–Trinajstić information content (AvgIpc) is 3.44. The van der Waals surface area contributed by atoms with Crippen LogP contribution in [0.5, 0.6) is 0 Å². The molecule has 1 saturated heterocycles. The van der Waals surface area contributed by atoms with Gasteiger partial charge in [0.05, 0.1) is 18.3 Å². The van der Waals surface area contributed by atoms with Crippen molar-refractivity contribution in [2.24, 2.45) is 0 Å². The van der Waals surface area contributed by atoms with Crippen molar-refractivity contribution in [3.8, 4) is 11.4 Å². The molecule has 2 N–H and O–H groups in total. The number of likely N-dealkylation sites (tertiary alicyclic amines) is 1. The molecular formula is C20H19FN6O2. The lowest BCUT2D eigenvalue weighted by molar-refractivity contribution is 0.0699. The monoisotopic (exact) mass is 394 g/mol. The van der Waals surface area contributed by atoms with E-state index >= 15 is 0 Å². The summed E-state index contributed by atoms with van der Waals surface area (Å²) in [5, 5.41) is 14.8. The Labute approximate surface area is 165 Å². The first kappa shape index (κ1) is 17.7. The average molecular weight is 394 g/mol. The highest BCUT2D eigenvalue weighted by molar-refractivity contribution is 6.01. The molecule has 0 amide bonds. The van der Waals surface area contributed by atoms with Crippen molar-refractivity contribution in [2.45, 2.75) is 19.4 Å². The number of benzene rings is 1. The minimum absolute atomic E-state index is 0.0539. The highest BCUT2D eigenvalue weighted by Crippen LogP contribution is 2.28. The number of aromatic carboxylic acids is 1. The van der Waals surface area contributed by atoms with Crippen molar-refractivity contribution in [1.82, 2.24) is 29.6 Å². The number of carboxylic acids is 1. The molecule has 5 rings (SSSR count). The molecule has 1 aromatic carbocycles. The number of halogens is 1. The van der Waals surface area contributed by atoms with Gasteiger partial charge in [0.2, 0.25) is 0 Å². The molecule has 3 aromatic heterocycles. The number of carbonyl (C=O) groups is 1. The molecule has 1 aliphatic heterocycles. The lowest BCUT2D eigenvalue weighted by atomic mass is 10.1. The van der Waals surface area contributed by atoms with Gasteiger partial charge in [-0.2, -0.15) is 5.10 Å². The maximum Gasteiger partial charge on any atom is 0.339 e. The quantitative estimate of drug-likeness (QED) is 0.540. The Balaban J connectivity index is 1.60. The van der Waals surface area contributed by atoms with Crippen LogP contribution in [0.25, 0.3) is 33.5 Å². The van der Waals surface area contributed by atoms with E-state index in [0.29, 0.717) is 29.1 Å². The van der Waals surface area contributed by atoms with E-state index in [4.69, 9.17) is 5.10 Å². The number of nitrogens with one attached hydrogen (secondary N) is 1. The van der Waals surface area contributed by atoms with Gasteiger partial charge in [-0.25, -0.2) is 19.2 Å². The van der Waals surface area contributed by atoms with Crippen LogP contribution in [0.15, 0.2) is 30.6 Å². The van der Waals surface area contributed by atoms with Crippen LogP contribution in [0.2, 0.25) is 0 Å². The SMILES string of the molecule is O=C(O)c1c[nH]c2ncc(-c3nn(CCN4CCCC4)c4cc(F)ccc34)nc12. The predicted molar refractivity (Wildman–Crippen MR) is 105 cm³/mol. The van der Waals surface area contributed by atoms with Gasteiger partial charge in [0.25, 0.3) is 0 Å². The van der Waals surface area contributed by atoms with Crippen molar-refractivity contribution in [1.29, 1.82) is 0 Å². The molecule has 0 saturated carbocycles. The molecule has 1 aliphatic rings. The van der Waals surface area contributed by atoms with Crippen LogP contribution in [-0.4, -0.2) is 60.3 Å². The van der Waals surface area contributed by atoms with Gasteiger partial charge in [-0.05, 0) is 44.1 Å². The fourth-order valence-corrected chi connectivity index (χ4v) is 3.92. The van der Waals surface area contributed by atoms with Crippen LogP contribution >= 0.6 is 0 Å². The Hall–Kier alpha value is -3.33. The topological polar surface area (TPSA) is 99.9 Å². The van der Waals surface area contributed by atoms with Gasteiger partial charge < -0.3 is 15.0 Å². The Morgan fingerprint density at radius 3 is 2.86 bits per heavy atom. The Morgan fingerprint density at radius 1 is 1.24 bits per heavy atom. The fourth-order valence-electron chi connectivity index (χ4n) is 3.92. The minimum Gasteiger partial charge on any atom is -0.478 e. The number of aromatic nitrogens is 5. The van der Waals surface area contributed by atoms with E-state index in [1.54, 1.807) is 16.9 Å². The van der Waals surface area contributed by atoms with Gasteiger partial charge in [0, 0.05) is 18.1 Å². The lowest BCUT2D eigenvalue weighted by Gasteiger charge is -2.14. The molecule has 148 valence electrons. The Kier molecular flexibility index (Phi) is 4.24. The predicted octanol–water partition coefficient (Wildman–Crippen LogP) is 2.91. The molecule has 4 aromatic rings. The second-order valence-corrected chi connectivity index (χ2v) is 7.24. The number of rotatable bonds is 5. The smallest absolute Gasteiger partial charge is 0.339 e. The largest absolute Gasteiger partial charge is 0.478 e. The molecule has 1 fully saturated rings. The normalized spacial score (nSPS) is 14.9. The summed E-state index contributed by atoms with van der Waals surface area (Å²) >= 11 is 0. The summed E-state index contributed by atoms with van der Waals surface area (Å²) in [5.41, 5.74) is 2.43. The van der Waals surface area contributed by atoms with Crippen molar-refractivity contribution in [2.75, 3.05) is 19.6 Å². The van der Waals surface area contributed by atoms with E-state index in [1.165, 1.54) is 31.2 Å². The van der Waals surface area contributed by atoms with E-state index in [2.05, 4.69) is 19.9 Å². The Morgan fingerprint density at radius 2 is 2.07 bits per heavy atom. The highest BCUT2D eigenvalue weighted by atomic mass is 19.1. The van der Waals surface area contributed by atoms with Gasteiger partial charge >= 0.3 is 5.97 Å². The third-order valence-corrected chi connectivity index (χ3v) is 5.39. The summed E-state index contributed by atoms with van der Waals surface area (Å²) in [4.78, 5) is 25.4. The number of nitrogens with zero attached hydrogens (tertiary/aromatic N) is 5. The van der Waals surface area contributed by atoms with Gasteiger partial charge in [0.1, 0.15) is 28.3 Å². The van der Waals surface area contributed by atoms with Crippen LogP contribution in [0.1, 0.15) is 23.2 Å². The molecule has 0 spiro atoms. The van der Waals surface area contributed by atoms with Crippen molar-refractivity contribution in [3.63, 3.8) is 0 Å². The first-order valence-electron chi connectivity index (χ1n) is 9.56. The summed E-state index contributed by atoms with van der Waals surface area (Å²) in [7, 11) is 0. The molecule has 4 heterocycles. The van der Waals surface area contributed by atoms with E-state index < -0.39 is 5.97 Å². The van der Waals surface area contributed by atoms with Crippen LogP contribution in [0, 0.1) is 5.82 Å². The molecule has 0 atom stereocenters. The maximum atomic E-state index is 13.9. The first-order chi connectivity index (χ1) is 14.1. The minimum atomic E-state index is -1.08. The summed E-state index contributed by atoms with van der Waals surface area (Å²) in [5.74, 6) is -1.41. The second kappa shape index (κ2) is 6.93. The van der Waals surface area contributed by atoms with Gasteiger partial charge in [-0.1, -0.05) is 0 Å². The number of hydrogen-bond acceptors (Lipinski definition) is 5. The van der Waals surface area contributed by atoms with Gasteiger partial charge in [-0.3, -0.25) is 4.68 Å². The van der Waals surface area contributed by atoms with Crippen LogP contribution in [-0.2, 0) is 6.54 Å². The lowest BCUT2D eigenvalue weighted by Crippen LogP contribution is -2.24. The van der Waals surface area contributed by atoms with E-state index in [0.717, 1.165) is 25.0 Å². The number of H-pyrrole nitrogens is 1. The first-order valence-corrected chi connectivity index (χ1v) is 9.56. The zero-order valence-corrected chi connectivity index (χ0v) is 15.6. The summed E-state index contributed by atoms with van der Waals surface area (Å²) in [6.07, 6.45) is 5.34. The molecule has 29 heavy (non-hydrogen) atoms. The Bertz CT molecular complexity index is 1220. The van der Waals surface area contributed by atoms with Crippen LogP contribution in [0.3, 0.4) is 0 Å². The summed E-state index contributed by atoms with van der Waals surface area (Å²) in [6.45, 7) is 3.64. The highest BCUT2D eigenvalue weighted by Gasteiger charge is 2.19. The summed E-state index contributed by atoms with van der Waals surface area (Å²) in [6, 6.07) is 4.55. The van der Waals surface area contributed by atoms with E-state index in [9.17, 15) is 14.3 Å². The van der Waals surface area contributed by atoms with Gasteiger partial charge in [-0.15, -0.1) is 0 Å². The molecule has 9 heteroatoms. The van der Waals surface area contributed by atoms with Crippen LogP contribution in [0.4, 0.5) is 4.39 Å². The third-order valence-electron chi connectivity index (χ3n) is 5.39. The van der Waals surface area contributed by atoms with Gasteiger partial charge in [0.15, 0.2) is 5.65 Å².